The quantitative estimate of drug-likeness (QED) is 0.494. The van der Waals surface area contributed by atoms with Gasteiger partial charge in [-0.25, -0.2) is 0 Å². The third kappa shape index (κ3) is 4.53. The van der Waals surface area contributed by atoms with Crippen LogP contribution in [0.25, 0.3) is 0 Å². The molecule has 34 heavy (non-hydrogen) atoms. The van der Waals surface area contributed by atoms with Crippen molar-refractivity contribution in [1.82, 2.24) is 9.80 Å². The van der Waals surface area contributed by atoms with Gasteiger partial charge < -0.3 is 19.3 Å². The van der Waals surface area contributed by atoms with E-state index >= 15 is 0 Å². The first-order valence-corrected chi connectivity index (χ1v) is 12.3. The highest BCUT2D eigenvalue weighted by atomic mass is 32.1. The minimum Gasteiger partial charge on any atom is -0.497 e. The lowest BCUT2D eigenvalue weighted by molar-refractivity contribution is -0.134. The summed E-state index contributed by atoms with van der Waals surface area (Å²) in [6, 6.07) is 15.3. The summed E-state index contributed by atoms with van der Waals surface area (Å²) in [7, 11) is 3.08. The second kappa shape index (κ2) is 10.3. The molecule has 7 heteroatoms. The van der Waals surface area contributed by atoms with Crippen molar-refractivity contribution in [3.05, 3.63) is 81.0 Å². The maximum absolute atomic E-state index is 13.7. The molecule has 3 aromatic rings. The van der Waals surface area contributed by atoms with Gasteiger partial charge in [-0.3, -0.25) is 9.59 Å². The Morgan fingerprint density at radius 3 is 2.59 bits per heavy atom. The van der Waals surface area contributed by atoms with Crippen LogP contribution < -0.4 is 9.47 Å². The molecule has 2 amide bonds. The molecule has 0 bridgehead atoms. The standard InChI is InChI=1S/C27H30N2O4S/c1-5-28(27(31)21-11-10-19(32-3)16-23(21)33-4)17-25(30)29-14-12-24-22(13-15-34-24)26(29)20-9-7-6-8-18(20)2/h6-11,13,15-16,26H,5,12,14,17H2,1-4H3. The molecule has 0 fully saturated rings. The molecule has 1 aliphatic heterocycles. The second-order valence-corrected chi connectivity index (χ2v) is 9.28. The van der Waals surface area contributed by atoms with Gasteiger partial charge in [-0.1, -0.05) is 24.3 Å². The van der Waals surface area contributed by atoms with Crippen LogP contribution in [0.15, 0.2) is 53.9 Å². The highest BCUT2D eigenvalue weighted by Crippen LogP contribution is 2.39. The molecule has 0 saturated carbocycles. The van der Waals surface area contributed by atoms with E-state index in [0.29, 0.717) is 30.2 Å². The molecule has 6 nitrogen and oxygen atoms in total. The van der Waals surface area contributed by atoms with E-state index in [4.69, 9.17) is 9.47 Å². The Morgan fingerprint density at radius 2 is 1.88 bits per heavy atom. The summed E-state index contributed by atoms with van der Waals surface area (Å²) in [5.41, 5.74) is 3.87. The Labute approximate surface area is 204 Å². The van der Waals surface area contributed by atoms with Crippen LogP contribution in [0.1, 0.15) is 44.9 Å². The van der Waals surface area contributed by atoms with Crippen molar-refractivity contribution in [3.8, 4) is 11.5 Å². The van der Waals surface area contributed by atoms with Gasteiger partial charge in [-0.2, -0.15) is 0 Å². The Hall–Kier alpha value is -3.32. The lowest BCUT2D eigenvalue weighted by atomic mass is 9.90. The summed E-state index contributed by atoms with van der Waals surface area (Å²) >= 11 is 1.74. The third-order valence-electron chi connectivity index (χ3n) is 6.40. The van der Waals surface area contributed by atoms with Gasteiger partial charge in [0.25, 0.3) is 5.91 Å². The number of thiophene rings is 1. The summed E-state index contributed by atoms with van der Waals surface area (Å²) in [6.45, 7) is 5.01. The van der Waals surface area contributed by atoms with E-state index in [1.165, 1.54) is 17.6 Å². The van der Waals surface area contributed by atoms with Gasteiger partial charge in [0.1, 0.15) is 18.0 Å². The highest BCUT2D eigenvalue weighted by molar-refractivity contribution is 7.10. The lowest BCUT2D eigenvalue weighted by Crippen LogP contribution is -2.46. The Bertz CT molecular complexity index is 1190. The molecule has 1 aromatic heterocycles. The van der Waals surface area contributed by atoms with Crippen LogP contribution in [-0.4, -0.2) is 55.5 Å². The first-order chi connectivity index (χ1) is 16.5. The number of rotatable bonds is 7. The van der Waals surface area contributed by atoms with Crippen LogP contribution in [0.2, 0.25) is 0 Å². The fourth-order valence-electron chi connectivity index (χ4n) is 4.54. The number of fused-ring (bicyclic) bond motifs is 1. The zero-order chi connectivity index (χ0) is 24.2. The van der Waals surface area contributed by atoms with Crippen molar-refractivity contribution in [2.75, 3.05) is 33.9 Å². The van der Waals surface area contributed by atoms with Crippen molar-refractivity contribution in [1.29, 1.82) is 0 Å². The van der Waals surface area contributed by atoms with Crippen molar-refractivity contribution < 1.29 is 19.1 Å². The molecule has 178 valence electrons. The Kier molecular flexibility index (Phi) is 7.22. The molecular formula is C27H30N2O4S. The molecule has 0 spiro atoms. The summed E-state index contributed by atoms with van der Waals surface area (Å²) in [5, 5.41) is 2.10. The van der Waals surface area contributed by atoms with Gasteiger partial charge in [0.05, 0.1) is 25.8 Å². The molecule has 0 saturated heterocycles. The largest absolute Gasteiger partial charge is 0.497 e. The van der Waals surface area contributed by atoms with Crippen LogP contribution >= 0.6 is 11.3 Å². The monoisotopic (exact) mass is 478 g/mol. The third-order valence-corrected chi connectivity index (χ3v) is 7.40. The van der Waals surface area contributed by atoms with E-state index in [2.05, 4.69) is 30.5 Å². The summed E-state index contributed by atoms with van der Waals surface area (Å²) in [5.74, 6) is 0.728. The van der Waals surface area contributed by atoms with Gasteiger partial charge in [0.15, 0.2) is 0 Å². The maximum atomic E-state index is 13.7. The predicted molar refractivity (Wildman–Crippen MR) is 134 cm³/mol. The van der Waals surface area contributed by atoms with Crippen LogP contribution in [0, 0.1) is 6.92 Å². The van der Waals surface area contributed by atoms with E-state index < -0.39 is 0 Å². The number of likely N-dealkylation sites (N-methyl/N-ethyl adjacent to an activating group) is 1. The van der Waals surface area contributed by atoms with Crippen LogP contribution in [-0.2, 0) is 11.2 Å². The fourth-order valence-corrected chi connectivity index (χ4v) is 5.44. The summed E-state index contributed by atoms with van der Waals surface area (Å²) < 4.78 is 10.7. The van der Waals surface area contributed by atoms with Gasteiger partial charge in [-0.15, -0.1) is 11.3 Å². The van der Waals surface area contributed by atoms with Gasteiger partial charge in [0, 0.05) is 24.0 Å². The minimum atomic E-state index is -0.240. The van der Waals surface area contributed by atoms with Crippen LogP contribution in [0.4, 0.5) is 0 Å². The first-order valence-electron chi connectivity index (χ1n) is 11.4. The van der Waals surface area contributed by atoms with E-state index in [1.54, 1.807) is 41.5 Å². The molecular weight excluding hydrogens is 448 g/mol. The van der Waals surface area contributed by atoms with Crippen LogP contribution in [0.3, 0.4) is 0 Å². The maximum Gasteiger partial charge on any atom is 0.258 e. The number of carbonyl (C=O) groups excluding carboxylic acids is 2. The number of amides is 2. The molecule has 2 aromatic carbocycles. The zero-order valence-electron chi connectivity index (χ0n) is 20.0. The second-order valence-electron chi connectivity index (χ2n) is 8.28. The smallest absolute Gasteiger partial charge is 0.258 e. The first kappa shape index (κ1) is 23.8. The van der Waals surface area contributed by atoms with Crippen molar-refractivity contribution in [2.24, 2.45) is 0 Å². The van der Waals surface area contributed by atoms with E-state index in [1.807, 2.05) is 24.0 Å². The highest BCUT2D eigenvalue weighted by Gasteiger charge is 2.34. The lowest BCUT2D eigenvalue weighted by Gasteiger charge is -2.38. The van der Waals surface area contributed by atoms with Crippen LogP contribution in [0.5, 0.6) is 11.5 Å². The number of nitrogens with zero attached hydrogens (tertiary/aromatic N) is 2. The molecule has 2 heterocycles. The average molecular weight is 479 g/mol. The molecule has 0 aliphatic carbocycles. The molecule has 1 atom stereocenters. The molecule has 1 aliphatic rings. The molecule has 1 unspecified atom stereocenters. The molecule has 4 rings (SSSR count). The van der Waals surface area contributed by atoms with E-state index in [9.17, 15) is 9.59 Å². The number of hydrogen-bond donors (Lipinski definition) is 0. The summed E-state index contributed by atoms with van der Waals surface area (Å²) in [4.78, 5) is 31.9. The topological polar surface area (TPSA) is 59.1 Å². The fraction of sp³-hybridized carbons (Fsp3) is 0.333. The van der Waals surface area contributed by atoms with Gasteiger partial charge in [0.2, 0.25) is 5.91 Å². The molecule has 0 radical (unpaired) electrons. The van der Waals surface area contributed by atoms with Crippen molar-refractivity contribution in [2.45, 2.75) is 26.3 Å². The Balaban J connectivity index is 1.61. The normalized spacial score (nSPS) is 14.9. The van der Waals surface area contributed by atoms with E-state index in [0.717, 1.165) is 17.5 Å². The van der Waals surface area contributed by atoms with Gasteiger partial charge in [-0.05, 0) is 60.5 Å². The number of benzene rings is 2. The number of aryl methyl sites for hydroxylation is 1. The zero-order valence-corrected chi connectivity index (χ0v) is 20.9. The van der Waals surface area contributed by atoms with E-state index in [-0.39, 0.29) is 24.4 Å². The number of ether oxygens (including phenoxy) is 2. The number of methoxy groups -OCH3 is 2. The van der Waals surface area contributed by atoms with Crippen molar-refractivity contribution in [3.63, 3.8) is 0 Å². The minimum absolute atomic E-state index is 0.00632. The molecule has 0 N–H and O–H groups in total. The number of carbonyl (C=O) groups is 2. The van der Waals surface area contributed by atoms with Gasteiger partial charge >= 0.3 is 0 Å². The predicted octanol–water partition coefficient (Wildman–Crippen LogP) is 4.71. The summed E-state index contributed by atoms with van der Waals surface area (Å²) in [6.07, 6.45) is 0.827. The SMILES string of the molecule is CCN(CC(=O)N1CCc2sccc2C1c1ccccc1C)C(=O)c1ccc(OC)cc1OC. The van der Waals surface area contributed by atoms with Crippen molar-refractivity contribution >= 4 is 23.2 Å². The average Bonchev–Trinajstić information content (AvgIpc) is 3.35. The Morgan fingerprint density at radius 1 is 1.09 bits per heavy atom. The number of hydrogen-bond acceptors (Lipinski definition) is 5.